The number of hydrogen-bond acceptors (Lipinski definition) is 4. The summed E-state index contributed by atoms with van der Waals surface area (Å²) in [7, 11) is 0. The van der Waals surface area contributed by atoms with Gasteiger partial charge in [-0.05, 0) is 156 Å². The molecule has 13 aromatic carbocycles. The molecule has 6 nitrogen and oxygen atoms in total. The number of benzene rings is 13. The number of anilines is 6. The SMILES string of the molecule is c1ccc(N(c2ccc(-c3ccc(-c4nc5ccccc5nc4-c4ccc(-c5ccc(N(c6ccccc6)c6ccc7c(c6)c6ccccc6n7-c6ccccc6)cc5)cc4)cc3)cc2)c2ccc3c(c2)c2ccccc2n3-c2ccccc2)cc1. The molecule has 16 aromatic rings. The lowest BCUT2D eigenvalue weighted by Gasteiger charge is -2.26. The van der Waals surface area contributed by atoms with Crippen molar-refractivity contribution < 1.29 is 0 Å². The Morgan fingerprint density at radius 1 is 0.209 bits per heavy atom. The zero-order valence-electron chi connectivity index (χ0n) is 46.9. The van der Waals surface area contributed by atoms with Crippen LogP contribution >= 0.6 is 0 Å². The Morgan fingerprint density at radius 3 is 0.872 bits per heavy atom. The maximum atomic E-state index is 5.29. The molecule has 0 saturated heterocycles. The van der Waals surface area contributed by atoms with E-state index < -0.39 is 0 Å². The first-order valence-corrected chi connectivity index (χ1v) is 29.2. The fourth-order valence-electron chi connectivity index (χ4n) is 12.6. The van der Waals surface area contributed by atoms with Gasteiger partial charge in [0.25, 0.3) is 0 Å². The van der Waals surface area contributed by atoms with Gasteiger partial charge in [-0.15, -0.1) is 0 Å². The molecular weight excluding hydrogens is 1040 g/mol. The maximum absolute atomic E-state index is 5.29. The smallest absolute Gasteiger partial charge is 0.0973 e. The second-order valence-corrected chi connectivity index (χ2v) is 21.8. The molecule has 16 rings (SSSR count). The first kappa shape index (κ1) is 50.2. The number of fused-ring (bicyclic) bond motifs is 7. The fraction of sp³-hybridized carbons (Fsp3) is 0. The maximum Gasteiger partial charge on any atom is 0.0973 e. The number of aromatic nitrogens is 4. The van der Waals surface area contributed by atoms with E-state index in [1.807, 2.05) is 24.3 Å². The minimum Gasteiger partial charge on any atom is -0.310 e. The van der Waals surface area contributed by atoms with Crippen molar-refractivity contribution in [1.29, 1.82) is 0 Å². The van der Waals surface area contributed by atoms with Crippen LogP contribution in [0.25, 0.3) is 111 Å². The van der Waals surface area contributed by atoms with E-state index in [9.17, 15) is 0 Å². The Morgan fingerprint density at radius 2 is 0.488 bits per heavy atom. The number of rotatable bonds is 12. The minimum absolute atomic E-state index is 0.842. The lowest BCUT2D eigenvalue weighted by Crippen LogP contribution is -2.09. The second-order valence-electron chi connectivity index (χ2n) is 21.8. The predicted octanol–water partition coefficient (Wildman–Crippen LogP) is 21.4. The van der Waals surface area contributed by atoms with Gasteiger partial charge in [-0.1, -0.05) is 194 Å². The summed E-state index contributed by atoms with van der Waals surface area (Å²) in [4.78, 5) is 15.3. The van der Waals surface area contributed by atoms with Crippen LogP contribution in [-0.2, 0) is 0 Å². The Bertz CT molecular complexity index is 4790. The van der Waals surface area contributed by atoms with Crippen LogP contribution in [0.1, 0.15) is 0 Å². The highest BCUT2D eigenvalue weighted by Gasteiger charge is 2.21. The summed E-state index contributed by atoms with van der Waals surface area (Å²) in [6.45, 7) is 0. The van der Waals surface area contributed by atoms with Crippen molar-refractivity contribution in [3.8, 4) is 56.1 Å². The molecule has 0 saturated carbocycles. The molecule has 0 aliphatic rings. The van der Waals surface area contributed by atoms with E-state index in [4.69, 9.17) is 9.97 Å². The van der Waals surface area contributed by atoms with Gasteiger partial charge in [0.2, 0.25) is 0 Å². The van der Waals surface area contributed by atoms with Crippen molar-refractivity contribution in [2.75, 3.05) is 9.80 Å². The lowest BCUT2D eigenvalue weighted by molar-refractivity contribution is 1.18. The minimum atomic E-state index is 0.842. The Kier molecular flexibility index (Phi) is 12.4. The Labute approximate surface area is 498 Å². The highest BCUT2D eigenvalue weighted by atomic mass is 15.1. The summed E-state index contributed by atoms with van der Waals surface area (Å²) < 4.78 is 4.73. The first-order valence-electron chi connectivity index (χ1n) is 29.2. The van der Waals surface area contributed by atoms with Gasteiger partial charge in [0.1, 0.15) is 0 Å². The third kappa shape index (κ3) is 8.92. The van der Waals surface area contributed by atoms with E-state index >= 15 is 0 Å². The summed E-state index contributed by atoms with van der Waals surface area (Å²) in [6, 6.07) is 117. The highest BCUT2D eigenvalue weighted by Crippen LogP contribution is 2.43. The third-order valence-electron chi connectivity index (χ3n) is 16.7. The van der Waals surface area contributed by atoms with E-state index in [0.29, 0.717) is 0 Å². The standard InChI is InChI=1S/C80H54N6/c1-5-19-61(20-6-1)83(67-49-51-77-71(53-67)69-27-13-17-31-75(69)85(77)63-23-9-3-10-24-63)65-45-41-57(42-46-65)55-33-37-59(38-34-55)79-80(82-74-30-16-15-29-73(74)81-79)60-39-35-56(36-40-60)58-43-47-66(48-44-58)84(62-21-7-2-8-22-62)68-50-52-78-72(54-68)70-28-14-18-32-76(70)86(78)64-25-11-4-12-26-64/h1-54H. The Hall–Kier alpha value is -11.6. The van der Waals surface area contributed by atoms with E-state index in [1.54, 1.807) is 0 Å². The van der Waals surface area contributed by atoms with E-state index in [1.165, 1.54) is 43.6 Å². The van der Waals surface area contributed by atoms with Crippen LogP contribution in [0.15, 0.2) is 328 Å². The van der Waals surface area contributed by atoms with Crippen molar-refractivity contribution in [2.24, 2.45) is 0 Å². The summed E-state index contributed by atoms with van der Waals surface area (Å²) in [5.74, 6) is 0. The summed E-state index contributed by atoms with van der Waals surface area (Å²) in [5.41, 5.74) is 23.4. The molecular formula is C80H54N6. The monoisotopic (exact) mass is 1100 g/mol. The van der Waals surface area contributed by atoms with Crippen LogP contribution in [0, 0.1) is 0 Å². The van der Waals surface area contributed by atoms with Crippen LogP contribution in [0.3, 0.4) is 0 Å². The lowest BCUT2D eigenvalue weighted by atomic mass is 9.98. The van der Waals surface area contributed by atoms with Crippen LogP contribution < -0.4 is 9.80 Å². The quantitative estimate of drug-likeness (QED) is 0.122. The molecule has 0 radical (unpaired) electrons. The molecule has 0 unspecified atom stereocenters. The van der Waals surface area contributed by atoms with Crippen molar-refractivity contribution in [1.82, 2.24) is 19.1 Å². The largest absolute Gasteiger partial charge is 0.310 e. The molecule has 0 aliphatic carbocycles. The van der Waals surface area contributed by atoms with Gasteiger partial charge in [-0.2, -0.15) is 0 Å². The van der Waals surface area contributed by atoms with Gasteiger partial charge in [0.05, 0.1) is 44.5 Å². The molecule has 0 aliphatic heterocycles. The van der Waals surface area contributed by atoms with Gasteiger partial charge in [-0.3, -0.25) is 0 Å². The van der Waals surface area contributed by atoms with Crippen molar-refractivity contribution in [3.05, 3.63) is 328 Å². The third-order valence-corrected chi connectivity index (χ3v) is 16.7. The topological polar surface area (TPSA) is 42.1 Å². The first-order chi connectivity index (χ1) is 42.6. The van der Waals surface area contributed by atoms with Gasteiger partial charge >= 0.3 is 0 Å². The normalized spacial score (nSPS) is 11.5. The summed E-state index contributed by atoms with van der Waals surface area (Å²) >= 11 is 0. The molecule has 0 fully saturated rings. The Balaban J connectivity index is 0.690. The van der Waals surface area contributed by atoms with Crippen molar-refractivity contribution >= 4 is 88.8 Å². The molecule has 0 atom stereocenters. The van der Waals surface area contributed by atoms with Crippen LogP contribution in [0.4, 0.5) is 34.1 Å². The number of nitrogens with zero attached hydrogens (tertiary/aromatic N) is 6. The van der Waals surface area contributed by atoms with Crippen LogP contribution in [-0.4, -0.2) is 19.1 Å². The zero-order valence-corrected chi connectivity index (χ0v) is 46.9. The summed E-state index contributed by atoms with van der Waals surface area (Å²) in [6.07, 6.45) is 0. The zero-order chi connectivity index (χ0) is 56.9. The average Bonchev–Trinajstić information content (AvgIpc) is 1.98. The molecule has 3 heterocycles. The van der Waals surface area contributed by atoms with E-state index in [0.717, 1.165) is 101 Å². The summed E-state index contributed by atoms with van der Waals surface area (Å²) in [5, 5.41) is 4.86. The molecule has 0 N–H and O–H groups in total. The van der Waals surface area contributed by atoms with Gasteiger partial charge in [0, 0.05) is 78.2 Å². The predicted molar refractivity (Wildman–Crippen MR) is 359 cm³/mol. The number of para-hydroxylation sites is 8. The van der Waals surface area contributed by atoms with Crippen molar-refractivity contribution in [3.63, 3.8) is 0 Å². The van der Waals surface area contributed by atoms with Gasteiger partial charge < -0.3 is 18.9 Å². The van der Waals surface area contributed by atoms with Crippen molar-refractivity contribution in [2.45, 2.75) is 0 Å². The molecule has 0 amide bonds. The molecule has 86 heavy (non-hydrogen) atoms. The highest BCUT2D eigenvalue weighted by molar-refractivity contribution is 6.12. The van der Waals surface area contributed by atoms with E-state index in [-0.39, 0.29) is 0 Å². The number of hydrogen-bond donors (Lipinski definition) is 0. The van der Waals surface area contributed by atoms with Crippen LogP contribution in [0.2, 0.25) is 0 Å². The molecule has 404 valence electrons. The molecule has 0 bridgehead atoms. The molecule has 6 heteroatoms. The molecule has 0 spiro atoms. The van der Waals surface area contributed by atoms with Gasteiger partial charge in [-0.25, -0.2) is 9.97 Å². The second kappa shape index (κ2) is 21.3. The average molecular weight is 1100 g/mol. The van der Waals surface area contributed by atoms with Crippen LogP contribution in [0.5, 0.6) is 0 Å². The van der Waals surface area contributed by atoms with Gasteiger partial charge in [0.15, 0.2) is 0 Å². The van der Waals surface area contributed by atoms with E-state index in [2.05, 4.69) is 322 Å². The fourth-order valence-corrected chi connectivity index (χ4v) is 12.6. The molecule has 3 aromatic heterocycles.